The summed E-state index contributed by atoms with van der Waals surface area (Å²) in [6.07, 6.45) is 10.5. The number of nitrogens with one attached hydrogen (secondary N) is 4. The lowest BCUT2D eigenvalue weighted by molar-refractivity contribution is 0.0950. The van der Waals surface area contributed by atoms with Crippen LogP contribution >= 0.6 is 22.7 Å². The van der Waals surface area contributed by atoms with Gasteiger partial charge in [0.1, 0.15) is 34.4 Å². The zero-order valence-corrected chi connectivity index (χ0v) is 32.7. The quantitative estimate of drug-likeness (QED) is 0.0824. The normalized spacial score (nSPS) is 19.4. The van der Waals surface area contributed by atoms with Crippen LogP contribution in [0.4, 0.5) is 10.3 Å². The number of ether oxygens (including phenoxy) is 2. The van der Waals surface area contributed by atoms with E-state index in [1.807, 2.05) is 36.4 Å². The first-order valence-corrected chi connectivity index (χ1v) is 20.3. The van der Waals surface area contributed by atoms with Gasteiger partial charge in [0.15, 0.2) is 10.3 Å². The Morgan fingerprint density at radius 1 is 0.607 bits per heavy atom. The number of anilines is 2. The first kappa shape index (κ1) is 38.8. The Kier molecular flexibility index (Phi) is 12.5. The zero-order chi connectivity index (χ0) is 39.0. The summed E-state index contributed by atoms with van der Waals surface area (Å²) >= 11 is 3.08. The predicted molar refractivity (Wildman–Crippen MR) is 218 cm³/mol. The first-order chi connectivity index (χ1) is 27.2. The van der Waals surface area contributed by atoms with Gasteiger partial charge < -0.3 is 41.0 Å². The number of fused-ring (bicyclic) bond motifs is 2. The fraction of sp³-hybridized carbons (Fsp3) is 0.350. The Morgan fingerprint density at radius 2 is 1.02 bits per heavy atom. The van der Waals surface area contributed by atoms with Crippen LogP contribution in [0.3, 0.4) is 0 Å². The van der Waals surface area contributed by atoms with Gasteiger partial charge in [0.25, 0.3) is 11.8 Å². The van der Waals surface area contributed by atoms with Gasteiger partial charge in [0.2, 0.25) is 0 Å². The predicted octanol–water partition coefficient (Wildman–Crippen LogP) is 7.12. The fourth-order valence-electron chi connectivity index (χ4n) is 6.66. The summed E-state index contributed by atoms with van der Waals surface area (Å²) in [4.78, 5) is 40.8. The molecule has 2 aliphatic rings. The summed E-state index contributed by atoms with van der Waals surface area (Å²) in [7, 11) is 3.13. The van der Waals surface area contributed by atoms with E-state index in [0.717, 1.165) is 82.1 Å². The van der Waals surface area contributed by atoms with Crippen molar-refractivity contribution in [3.8, 4) is 23.0 Å². The maximum absolute atomic E-state index is 11.7. The number of thiazole rings is 2. The maximum Gasteiger partial charge on any atom is 0.269 e. The molecule has 6 aromatic rings. The smallest absolute Gasteiger partial charge is 0.269 e. The second-order valence-electron chi connectivity index (χ2n) is 13.6. The van der Waals surface area contributed by atoms with E-state index in [1.54, 1.807) is 50.8 Å². The number of aliphatic hydroxyl groups is 2. The molecule has 6 N–H and O–H groups in total. The molecular formula is C40H44N8O6S2. The molecule has 0 saturated heterocycles. The van der Waals surface area contributed by atoms with Gasteiger partial charge in [-0.1, -0.05) is 48.4 Å². The average molecular weight is 797 g/mol. The molecule has 4 heterocycles. The molecular weight excluding hydrogens is 753 g/mol. The standard InChI is InChI=1S/2C20H22N4O3S/c2*1-21-19(26)16-10-13(8-9-22-16)27-12-6-7-15-18(11-12)28-20(24-15)23-14-4-2-3-5-17(14)25/h2*6-11,14,17,25H,2-5H2,1H3,(H,21,26)(H,23,24)/t2*14-,17-/m10/s1. The number of amides is 2. The van der Waals surface area contributed by atoms with Crippen LogP contribution in [-0.4, -0.2) is 80.4 Å². The molecule has 2 aromatic carbocycles. The number of aromatic nitrogens is 4. The van der Waals surface area contributed by atoms with Gasteiger partial charge in [0.05, 0.1) is 44.7 Å². The highest BCUT2D eigenvalue weighted by Crippen LogP contribution is 2.34. The van der Waals surface area contributed by atoms with E-state index in [1.165, 1.54) is 22.7 Å². The number of hydrogen-bond acceptors (Lipinski definition) is 14. The molecule has 2 aliphatic carbocycles. The molecule has 4 atom stereocenters. The van der Waals surface area contributed by atoms with E-state index >= 15 is 0 Å². The molecule has 14 nitrogen and oxygen atoms in total. The molecule has 16 heteroatoms. The van der Waals surface area contributed by atoms with Crippen molar-refractivity contribution in [2.24, 2.45) is 0 Å². The molecule has 0 unspecified atom stereocenters. The molecule has 0 bridgehead atoms. The van der Waals surface area contributed by atoms with E-state index < -0.39 is 0 Å². The Morgan fingerprint density at radius 3 is 1.43 bits per heavy atom. The molecule has 2 amide bonds. The van der Waals surface area contributed by atoms with Crippen molar-refractivity contribution >= 4 is 65.2 Å². The highest BCUT2D eigenvalue weighted by atomic mass is 32.1. The summed E-state index contributed by atoms with van der Waals surface area (Å²) in [6.45, 7) is 0. The van der Waals surface area contributed by atoms with Crippen LogP contribution in [0.1, 0.15) is 72.3 Å². The van der Waals surface area contributed by atoms with Gasteiger partial charge in [-0.15, -0.1) is 0 Å². The van der Waals surface area contributed by atoms with Crippen LogP contribution < -0.4 is 30.7 Å². The molecule has 0 radical (unpaired) electrons. The molecule has 2 saturated carbocycles. The fourth-order valence-corrected chi connectivity index (χ4v) is 8.57. The van der Waals surface area contributed by atoms with E-state index in [9.17, 15) is 19.8 Å². The van der Waals surface area contributed by atoms with E-state index in [0.29, 0.717) is 34.4 Å². The molecule has 2 fully saturated rings. The molecule has 292 valence electrons. The second-order valence-corrected chi connectivity index (χ2v) is 15.7. The zero-order valence-electron chi connectivity index (χ0n) is 31.0. The average Bonchev–Trinajstić information content (AvgIpc) is 3.82. The molecule has 8 rings (SSSR count). The number of benzene rings is 2. The Hall–Kier alpha value is -5.42. The number of aliphatic hydroxyl groups excluding tert-OH is 2. The highest BCUT2D eigenvalue weighted by Gasteiger charge is 2.25. The molecule has 0 aliphatic heterocycles. The Balaban J connectivity index is 0.000000172. The van der Waals surface area contributed by atoms with Gasteiger partial charge in [-0.05, 0) is 62.1 Å². The SMILES string of the molecule is CNC(=O)c1cc(Oc2ccc3nc(N[C@@H]4CCCC[C@H]4O)sc3c2)ccn1.CNC(=O)c1cc(Oc2ccc3nc(N[C@H]4CCCC[C@@H]4O)sc3c2)ccn1. The van der Waals surface area contributed by atoms with Crippen LogP contribution in [0.2, 0.25) is 0 Å². The minimum absolute atomic E-state index is 0.0602. The number of pyridine rings is 2. The van der Waals surface area contributed by atoms with Gasteiger partial charge in [0, 0.05) is 50.8 Å². The van der Waals surface area contributed by atoms with Crippen molar-refractivity contribution in [3.05, 3.63) is 84.4 Å². The highest BCUT2D eigenvalue weighted by molar-refractivity contribution is 7.22. The lowest BCUT2D eigenvalue weighted by Crippen LogP contribution is -2.36. The molecule has 56 heavy (non-hydrogen) atoms. The lowest BCUT2D eigenvalue weighted by Gasteiger charge is -2.27. The van der Waals surface area contributed by atoms with E-state index in [4.69, 9.17) is 9.47 Å². The van der Waals surface area contributed by atoms with Crippen molar-refractivity contribution in [3.63, 3.8) is 0 Å². The van der Waals surface area contributed by atoms with Crippen molar-refractivity contribution < 1.29 is 29.3 Å². The lowest BCUT2D eigenvalue weighted by atomic mass is 9.93. The van der Waals surface area contributed by atoms with Gasteiger partial charge in [-0.3, -0.25) is 19.6 Å². The summed E-state index contributed by atoms with van der Waals surface area (Å²) in [5.74, 6) is 1.89. The van der Waals surface area contributed by atoms with Crippen LogP contribution in [0.25, 0.3) is 20.4 Å². The number of rotatable bonds is 10. The van der Waals surface area contributed by atoms with Gasteiger partial charge in [-0.25, -0.2) is 9.97 Å². The molecule has 0 spiro atoms. The van der Waals surface area contributed by atoms with Crippen molar-refractivity contribution in [2.45, 2.75) is 75.7 Å². The van der Waals surface area contributed by atoms with E-state index in [2.05, 4.69) is 41.2 Å². The minimum Gasteiger partial charge on any atom is -0.457 e. The van der Waals surface area contributed by atoms with Crippen molar-refractivity contribution in [1.82, 2.24) is 30.6 Å². The maximum atomic E-state index is 11.7. The van der Waals surface area contributed by atoms with Crippen molar-refractivity contribution in [1.29, 1.82) is 0 Å². The third-order valence-corrected chi connectivity index (χ3v) is 11.5. The second kappa shape index (κ2) is 18.0. The summed E-state index contributed by atoms with van der Waals surface area (Å²) in [5.41, 5.74) is 2.37. The minimum atomic E-state index is -0.319. The monoisotopic (exact) mass is 796 g/mol. The third-order valence-electron chi connectivity index (χ3n) is 9.65. The largest absolute Gasteiger partial charge is 0.457 e. The van der Waals surface area contributed by atoms with Crippen LogP contribution in [-0.2, 0) is 0 Å². The van der Waals surface area contributed by atoms with Crippen LogP contribution in [0, 0.1) is 0 Å². The van der Waals surface area contributed by atoms with Crippen LogP contribution in [0.15, 0.2) is 73.1 Å². The van der Waals surface area contributed by atoms with Gasteiger partial charge >= 0.3 is 0 Å². The summed E-state index contributed by atoms with van der Waals surface area (Å²) in [5, 5.41) is 33.8. The first-order valence-electron chi connectivity index (χ1n) is 18.7. The number of carbonyl (C=O) groups excluding carboxylic acids is 2. The Bertz CT molecular complexity index is 2140. The number of carbonyl (C=O) groups is 2. The summed E-state index contributed by atoms with van der Waals surface area (Å²) in [6, 6.07) is 18.1. The number of hydrogen-bond donors (Lipinski definition) is 6. The Labute approximate surface area is 331 Å². The third kappa shape index (κ3) is 9.68. The van der Waals surface area contributed by atoms with Gasteiger partial charge in [-0.2, -0.15) is 0 Å². The number of nitrogens with zero attached hydrogens (tertiary/aromatic N) is 4. The topological polar surface area (TPSA) is 193 Å². The summed E-state index contributed by atoms with van der Waals surface area (Å²) < 4.78 is 13.8. The molecule has 4 aromatic heterocycles. The van der Waals surface area contributed by atoms with Crippen molar-refractivity contribution in [2.75, 3.05) is 24.7 Å². The van der Waals surface area contributed by atoms with Crippen LogP contribution in [0.5, 0.6) is 23.0 Å². The van der Waals surface area contributed by atoms with E-state index in [-0.39, 0.29) is 36.1 Å².